The van der Waals surface area contributed by atoms with E-state index in [1.807, 2.05) is 0 Å². The Morgan fingerprint density at radius 3 is 2.75 bits per heavy atom. The number of aryl methyl sites for hydroxylation is 1. The van der Waals surface area contributed by atoms with E-state index < -0.39 is 24.0 Å². The van der Waals surface area contributed by atoms with Crippen molar-refractivity contribution in [3.63, 3.8) is 0 Å². The van der Waals surface area contributed by atoms with Crippen LogP contribution in [0.5, 0.6) is 5.75 Å². The monoisotopic (exact) mass is 388 g/mol. The van der Waals surface area contributed by atoms with Crippen molar-refractivity contribution in [2.75, 3.05) is 20.3 Å². The molecule has 0 aliphatic rings. The second kappa shape index (κ2) is 8.53. The minimum atomic E-state index is -1.60. The van der Waals surface area contributed by atoms with Gasteiger partial charge in [-0.25, -0.2) is 0 Å². The number of fused-ring (bicyclic) bond motifs is 1. The molecule has 0 bridgehead atoms. The second-order valence-corrected chi connectivity index (χ2v) is 6.38. The quantitative estimate of drug-likeness (QED) is 0.445. The molecule has 10 nitrogen and oxygen atoms in total. The highest BCUT2D eigenvalue weighted by molar-refractivity contribution is 6.07. The van der Waals surface area contributed by atoms with E-state index in [0.29, 0.717) is 22.2 Å². The lowest BCUT2D eigenvalue weighted by Gasteiger charge is -2.24. The van der Waals surface area contributed by atoms with Crippen LogP contribution in [0.3, 0.4) is 0 Å². The minimum Gasteiger partial charge on any atom is -0.489 e. The molecule has 10 heteroatoms. The van der Waals surface area contributed by atoms with E-state index in [9.17, 15) is 14.7 Å². The zero-order valence-corrected chi connectivity index (χ0v) is 16.0. The van der Waals surface area contributed by atoms with Gasteiger partial charge in [-0.05, 0) is 25.1 Å². The van der Waals surface area contributed by atoms with Gasteiger partial charge in [0.25, 0.3) is 5.91 Å². The minimum absolute atomic E-state index is 0.200. The maximum atomic E-state index is 12.8. The van der Waals surface area contributed by atoms with E-state index in [1.54, 1.807) is 38.5 Å². The van der Waals surface area contributed by atoms with Crippen molar-refractivity contribution >= 4 is 28.9 Å². The lowest BCUT2D eigenvalue weighted by atomic mass is 10.0. The number of aromatic nitrogens is 2. The smallest absolute Gasteiger partial charge is 0.271 e. The van der Waals surface area contributed by atoms with Crippen molar-refractivity contribution in [3.05, 3.63) is 35.7 Å². The predicted octanol–water partition coefficient (Wildman–Crippen LogP) is -0.539. The summed E-state index contributed by atoms with van der Waals surface area (Å²) in [4.78, 5) is 28.2. The number of carbonyl (C=O) groups is 2. The molecule has 0 radical (unpaired) electrons. The van der Waals surface area contributed by atoms with Gasteiger partial charge in [0.05, 0.1) is 12.1 Å². The number of amides is 2. The largest absolute Gasteiger partial charge is 0.489 e. The van der Waals surface area contributed by atoms with Crippen LogP contribution in [0, 0.1) is 0 Å². The summed E-state index contributed by atoms with van der Waals surface area (Å²) >= 11 is 0. The summed E-state index contributed by atoms with van der Waals surface area (Å²) in [6.07, 6.45) is 2.98. The number of aliphatic imine (C=N–C) groups is 1. The van der Waals surface area contributed by atoms with Gasteiger partial charge in [-0.3, -0.25) is 19.3 Å². The first-order chi connectivity index (χ1) is 13.3. The summed E-state index contributed by atoms with van der Waals surface area (Å²) in [7, 11) is 3.23. The van der Waals surface area contributed by atoms with Gasteiger partial charge in [-0.15, -0.1) is 0 Å². The highest BCUT2D eigenvalue weighted by atomic mass is 16.5. The van der Waals surface area contributed by atoms with Crippen LogP contribution in [-0.4, -0.2) is 58.7 Å². The molecule has 28 heavy (non-hydrogen) atoms. The molecule has 1 aromatic heterocycles. The molecule has 1 unspecified atom stereocenters. The Hall–Kier alpha value is -3.40. The van der Waals surface area contributed by atoms with Crippen LogP contribution in [-0.2, 0) is 11.8 Å². The van der Waals surface area contributed by atoms with Crippen molar-refractivity contribution in [2.45, 2.75) is 12.5 Å². The normalized spacial score (nSPS) is 14.2. The van der Waals surface area contributed by atoms with E-state index in [2.05, 4.69) is 15.4 Å². The SMILES string of the molecule is CN=C/C(=C\N)COc1ccc2nn(C)c(C(=O)NC(C)(CO)C(N)=O)c2c1. The molecule has 2 amide bonds. The molecule has 0 aliphatic heterocycles. The van der Waals surface area contributed by atoms with Crippen molar-refractivity contribution in [3.8, 4) is 5.75 Å². The van der Waals surface area contributed by atoms with Gasteiger partial charge in [0.2, 0.25) is 5.91 Å². The van der Waals surface area contributed by atoms with Crippen molar-refractivity contribution in [1.29, 1.82) is 0 Å². The molecule has 1 atom stereocenters. The maximum absolute atomic E-state index is 12.8. The number of ether oxygens (including phenoxy) is 1. The van der Waals surface area contributed by atoms with Crippen molar-refractivity contribution in [1.82, 2.24) is 15.1 Å². The number of nitrogens with one attached hydrogen (secondary N) is 1. The Morgan fingerprint density at radius 1 is 1.46 bits per heavy atom. The van der Waals surface area contributed by atoms with E-state index in [0.717, 1.165) is 0 Å². The Morgan fingerprint density at radius 2 is 2.18 bits per heavy atom. The maximum Gasteiger partial charge on any atom is 0.271 e. The van der Waals surface area contributed by atoms with Gasteiger partial charge in [-0.2, -0.15) is 5.10 Å². The number of primary amides is 1. The van der Waals surface area contributed by atoms with Gasteiger partial charge < -0.3 is 26.6 Å². The molecular formula is C18H24N6O4. The molecule has 1 aromatic carbocycles. The van der Waals surface area contributed by atoms with Crippen molar-refractivity contribution in [2.24, 2.45) is 23.5 Å². The van der Waals surface area contributed by atoms with Crippen LogP contribution in [0.4, 0.5) is 0 Å². The van der Waals surface area contributed by atoms with Crippen LogP contribution >= 0.6 is 0 Å². The molecule has 2 rings (SSSR count). The number of aliphatic hydroxyl groups excluding tert-OH is 1. The topological polar surface area (TPSA) is 158 Å². The first-order valence-electron chi connectivity index (χ1n) is 8.41. The third-order valence-corrected chi connectivity index (χ3v) is 4.18. The lowest BCUT2D eigenvalue weighted by molar-refractivity contribution is -0.124. The van der Waals surface area contributed by atoms with Gasteiger partial charge in [0.1, 0.15) is 23.6 Å². The van der Waals surface area contributed by atoms with Gasteiger partial charge in [-0.1, -0.05) is 0 Å². The number of hydrogen-bond donors (Lipinski definition) is 4. The number of rotatable bonds is 8. The predicted molar refractivity (Wildman–Crippen MR) is 105 cm³/mol. The molecule has 0 fully saturated rings. The fraction of sp³-hybridized carbons (Fsp3) is 0.333. The van der Waals surface area contributed by atoms with Gasteiger partial charge in [0, 0.05) is 37.5 Å². The number of nitrogens with two attached hydrogens (primary N) is 2. The second-order valence-electron chi connectivity index (χ2n) is 6.38. The number of nitrogens with zero attached hydrogens (tertiary/aromatic N) is 3. The first-order valence-corrected chi connectivity index (χ1v) is 8.41. The summed E-state index contributed by atoms with van der Waals surface area (Å²) in [6, 6.07) is 5.09. The fourth-order valence-electron chi connectivity index (χ4n) is 2.49. The van der Waals surface area contributed by atoms with E-state index in [1.165, 1.54) is 17.8 Å². The third kappa shape index (κ3) is 4.29. The van der Waals surface area contributed by atoms with E-state index >= 15 is 0 Å². The number of benzene rings is 1. The first kappa shape index (κ1) is 20.9. The van der Waals surface area contributed by atoms with Crippen LogP contribution in [0.25, 0.3) is 10.9 Å². The van der Waals surface area contributed by atoms with E-state index in [4.69, 9.17) is 16.2 Å². The molecule has 0 aliphatic carbocycles. The Bertz CT molecular complexity index is 949. The third-order valence-electron chi connectivity index (χ3n) is 4.18. The summed E-state index contributed by atoms with van der Waals surface area (Å²) < 4.78 is 7.09. The summed E-state index contributed by atoms with van der Waals surface area (Å²) in [6.45, 7) is 0.910. The molecule has 2 aromatic rings. The van der Waals surface area contributed by atoms with Crippen LogP contribution in [0.2, 0.25) is 0 Å². The molecule has 0 spiro atoms. The molecule has 1 heterocycles. The van der Waals surface area contributed by atoms with Gasteiger partial charge >= 0.3 is 0 Å². The number of aliphatic hydroxyl groups is 1. The highest BCUT2D eigenvalue weighted by Crippen LogP contribution is 2.24. The van der Waals surface area contributed by atoms with Crippen LogP contribution in [0.1, 0.15) is 17.4 Å². The van der Waals surface area contributed by atoms with Crippen molar-refractivity contribution < 1.29 is 19.4 Å². The molecule has 6 N–H and O–H groups in total. The Labute approximate surface area is 161 Å². The van der Waals surface area contributed by atoms with Crippen LogP contribution in [0.15, 0.2) is 35.0 Å². The summed E-state index contributed by atoms with van der Waals surface area (Å²) in [5, 5.41) is 16.7. The Balaban J connectivity index is 2.35. The molecule has 0 saturated carbocycles. The average Bonchev–Trinajstić information content (AvgIpc) is 2.99. The average molecular weight is 388 g/mol. The zero-order valence-electron chi connectivity index (χ0n) is 16.0. The lowest BCUT2D eigenvalue weighted by Crippen LogP contribution is -2.58. The van der Waals surface area contributed by atoms with Crippen LogP contribution < -0.4 is 21.5 Å². The standard InChI is InChI=1S/C18H24N6O4/c1-18(10-25,17(20)27)22-16(26)15-13-6-12(4-5-14(13)23-24(15)3)28-9-11(7-19)8-21-2/h4-8,25H,9-10,19H2,1-3H3,(H2,20,27)(H,22,26)/b11-7+,21-8?. The summed E-state index contributed by atoms with van der Waals surface area (Å²) in [5.74, 6) is -0.950. The highest BCUT2D eigenvalue weighted by Gasteiger charge is 2.33. The van der Waals surface area contributed by atoms with Gasteiger partial charge in [0.15, 0.2) is 0 Å². The number of carbonyl (C=O) groups excluding carboxylic acids is 2. The Kier molecular flexibility index (Phi) is 6.37. The fourth-order valence-corrected chi connectivity index (χ4v) is 2.49. The number of hydrogen-bond acceptors (Lipinski definition) is 7. The zero-order chi connectivity index (χ0) is 20.9. The molecular weight excluding hydrogens is 364 g/mol. The molecule has 150 valence electrons. The summed E-state index contributed by atoms with van der Waals surface area (Å²) in [5.41, 5.74) is 10.7. The molecule has 0 saturated heterocycles. The van der Waals surface area contributed by atoms with E-state index in [-0.39, 0.29) is 12.3 Å².